The van der Waals surface area contributed by atoms with Gasteiger partial charge in [-0.15, -0.1) is 0 Å². The number of fused-ring (bicyclic) bond motifs is 3. The van der Waals surface area contributed by atoms with Crippen LogP contribution in [0.1, 0.15) is 20.7 Å². The van der Waals surface area contributed by atoms with Gasteiger partial charge in [-0.3, -0.25) is 19.7 Å². The van der Waals surface area contributed by atoms with E-state index in [4.69, 9.17) is 11.5 Å². The second-order valence-electron chi connectivity index (χ2n) is 6.36. The van der Waals surface area contributed by atoms with Crippen molar-refractivity contribution in [2.45, 2.75) is 0 Å². The highest BCUT2D eigenvalue weighted by Gasteiger charge is 2.16. The summed E-state index contributed by atoms with van der Waals surface area (Å²) in [6, 6.07) is 14.3. The number of nitrogens with two attached hydrogens (primary N) is 2. The molecule has 1 aromatic heterocycles. The molecule has 0 aliphatic heterocycles. The lowest BCUT2D eigenvalue weighted by molar-refractivity contribution is -0.384. The molecule has 138 valence electrons. The molecule has 0 unspecified atom stereocenters. The summed E-state index contributed by atoms with van der Waals surface area (Å²) in [6.07, 6.45) is 0. The summed E-state index contributed by atoms with van der Waals surface area (Å²) in [5.41, 5.74) is 14.3. The van der Waals surface area contributed by atoms with Crippen molar-refractivity contribution in [3.63, 3.8) is 0 Å². The third-order valence-corrected chi connectivity index (χ3v) is 4.67. The number of benzene rings is 3. The molecule has 5 N–H and O–H groups in total. The normalized spacial score (nSPS) is 11.0. The number of carbonyl (C=O) groups excluding carboxylic acids is 2. The molecule has 2 amide bonds. The predicted octanol–water partition coefficient (Wildman–Crippen LogP) is 3.09. The van der Waals surface area contributed by atoms with E-state index in [1.807, 2.05) is 0 Å². The molecule has 4 rings (SSSR count). The van der Waals surface area contributed by atoms with Crippen molar-refractivity contribution in [3.8, 4) is 11.1 Å². The Kier molecular flexibility index (Phi) is 3.82. The van der Waals surface area contributed by atoms with Gasteiger partial charge in [-0.05, 0) is 48.0 Å². The Morgan fingerprint density at radius 1 is 0.857 bits per heavy atom. The van der Waals surface area contributed by atoms with E-state index in [0.29, 0.717) is 22.1 Å². The van der Waals surface area contributed by atoms with Crippen molar-refractivity contribution >= 4 is 39.3 Å². The fourth-order valence-corrected chi connectivity index (χ4v) is 3.29. The van der Waals surface area contributed by atoms with Crippen molar-refractivity contribution in [1.82, 2.24) is 4.98 Å². The zero-order chi connectivity index (χ0) is 20.0. The molecule has 0 spiro atoms. The van der Waals surface area contributed by atoms with Crippen molar-refractivity contribution in [2.24, 2.45) is 11.5 Å². The quantitative estimate of drug-likeness (QED) is 0.372. The molecule has 0 fully saturated rings. The van der Waals surface area contributed by atoms with Crippen molar-refractivity contribution in [1.29, 1.82) is 0 Å². The lowest BCUT2D eigenvalue weighted by Gasteiger charge is -2.07. The second-order valence-corrected chi connectivity index (χ2v) is 6.36. The van der Waals surface area contributed by atoms with Crippen LogP contribution < -0.4 is 11.5 Å². The number of primary amides is 2. The minimum Gasteiger partial charge on any atom is -0.366 e. The maximum atomic E-state index is 11.9. The fraction of sp³-hybridized carbons (Fsp3) is 0. The van der Waals surface area contributed by atoms with E-state index in [1.165, 1.54) is 12.1 Å². The molecule has 0 aliphatic rings. The number of nitrogens with zero attached hydrogens (tertiary/aromatic N) is 1. The number of nitro groups is 1. The van der Waals surface area contributed by atoms with Crippen LogP contribution in [0.5, 0.6) is 0 Å². The summed E-state index contributed by atoms with van der Waals surface area (Å²) in [5.74, 6) is -1.16. The van der Waals surface area contributed by atoms with Crippen LogP contribution in [0.15, 0.2) is 54.6 Å². The number of nitrogens with one attached hydrogen (secondary N) is 1. The largest absolute Gasteiger partial charge is 0.366 e. The predicted molar refractivity (Wildman–Crippen MR) is 105 cm³/mol. The number of aromatic nitrogens is 1. The first kappa shape index (κ1) is 17.2. The van der Waals surface area contributed by atoms with E-state index < -0.39 is 16.7 Å². The number of hydrogen-bond acceptors (Lipinski definition) is 4. The Bertz CT molecular complexity index is 1290. The molecule has 0 atom stereocenters. The van der Waals surface area contributed by atoms with Crippen LogP contribution in [0.3, 0.4) is 0 Å². The highest BCUT2D eigenvalue weighted by molar-refractivity contribution is 6.15. The van der Waals surface area contributed by atoms with E-state index in [9.17, 15) is 19.7 Å². The van der Waals surface area contributed by atoms with Crippen LogP contribution in [-0.2, 0) is 0 Å². The van der Waals surface area contributed by atoms with Crippen LogP contribution >= 0.6 is 0 Å². The molecule has 4 aromatic rings. The number of hydrogen-bond donors (Lipinski definition) is 3. The Morgan fingerprint density at radius 2 is 1.50 bits per heavy atom. The van der Waals surface area contributed by atoms with Gasteiger partial charge < -0.3 is 16.5 Å². The third-order valence-electron chi connectivity index (χ3n) is 4.67. The van der Waals surface area contributed by atoms with Gasteiger partial charge in [0.1, 0.15) is 0 Å². The Hall–Kier alpha value is -4.20. The van der Waals surface area contributed by atoms with E-state index >= 15 is 0 Å². The number of carbonyl (C=O) groups is 2. The van der Waals surface area contributed by atoms with Gasteiger partial charge in [0.2, 0.25) is 11.8 Å². The molecular weight excluding hydrogens is 360 g/mol. The van der Waals surface area contributed by atoms with E-state index in [2.05, 4.69) is 4.98 Å². The first-order chi connectivity index (χ1) is 13.3. The average molecular weight is 374 g/mol. The zero-order valence-electron chi connectivity index (χ0n) is 14.4. The van der Waals surface area contributed by atoms with Crippen molar-refractivity contribution in [3.05, 3.63) is 75.8 Å². The monoisotopic (exact) mass is 374 g/mol. The van der Waals surface area contributed by atoms with Gasteiger partial charge in [0, 0.05) is 45.1 Å². The molecule has 1 heterocycles. The van der Waals surface area contributed by atoms with Crippen LogP contribution in [0.4, 0.5) is 5.69 Å². The van der Waals surface area contributed by atoms with Gasteiger partial charge in [-0.25, -0.2) is 0 Å². The van der Waals surface area contributed by atoms with E-state index in [-0.39, 0.29) is 11.3 Å². The maximum Gasteiger partial charge on any atom is 0.269 e. The summed E-state index contributed by atoms with van der Waals surface area (Å²) in [6.45, 7) is 0. The summed E-state index contributed by atoms with van der Waals surface area (Å²) in [7, 11) is 0. The van der Waals surface area contributed by atoms with Crippen LogP contribution in [0.25, 0.3) is 32.9 Å². The molecule has 0 bridgehead atoms. The lowest BCUT2D eigenvalue weighted by Crippen LogP contribution is -2.11. The highest BCUT2D eigenvalue weighted by atomic mass is 16.6. The van der Waals surface area contributed by atoms with Gasteiger partial charge in [0.15, 0.2) is 0 Å². The number of aromatic amines is 1. The molecule has 3 aromatic carbocycles. The SMILES string of the molecule is NC(=O)c1ccc2[nH]c3c(-c4ccc([N+](=O)[O-])cc4)cc(C(N)=O)cc3c2c1. The smallest absolute Gasteiger partial charge is 0.269 e. The van der Waals surface area contributed by atoms with Gasteiger partial charge in [-0.2, -0.15) is 0 Å². The number of rotatable bonds is 4. The summed E-state index contributed by atoms with van der Waals surface area (Å²) in [5, 5.41) is 12.3. The number of amides is 2. The molecule has 0 aliphatic carbocycles. The van der Waals surface area contributed by atoms with Gasteiger partial charge in [0.05, 0.1) is 10.4 Å². The zero-order valence-corrected chi connectivity index (χ0v) is 14.4. The Morgan fingerprint density at radius 3 is 2.11 bits per heavy atom. The first-order valence-corrected chi connectivity index (χ1v) is 8.29. The van der Waals surface area contributed by atoms with Gasteiger partial charge in [0.25, 0.3) is 5.69 Å². The summed E-state index contributed by atoms with van der Waals surface area (Å²) >= 11 is 0. The molecule has 8 heteroatoms. The van der Waals surface area contributed by atoms with Crippen molar-refractivity contribution < 1.29 is 14.5 Å². The number of non-ortho nitro benzene ring substituents is 1. The standard InChI is InChI=1S/C20H14N4O4/c21-19(25)11-3-6-17-15(7-11)16-9-12(20(22)26)8-14(18(16)23-17)10-1-4-13(5-2-10)24(27)28/h1-9,23H,(H2,21,25)(H2,22,26). The highest BCUT2D eigenvalue weighted by Crippen LogP contribution is 2.35. The van der Waals surface area contributed by atoms with Crippen LogP contribution in [0.2, 0.25) is 0 Å². The average Bonchev–Trinajstić information content (AvgIpc) is 3.05. The van der Waals surface area contributed by atoms with Crippen molar-refractivity contribution in [2.75, 3.05) is 0 Å². The van der Waals surface area contributed by atoms with Gasteiger partial charge in [-0.1, -0.05) is 0 Å². The minimum atomic E-state index is -0.606. The Labute approximate surface area is 157 Å². The van der Waals surface area contributed by atoms with Crippen LogP contribution in [-0.4, -0.2) is 21.7 Å². The topological polar surface area (TPSA) is 145 Å². The molecule has 28 heavy (non-hydrogen) atoms. The third kappa shape index (κ3) is 2.73. The molecule has 0 saturated carbocycles. The minimum absolute atomic E-state index is 0.0335. The van der Waals surface area contributed by atoms with E-state index in [0.717, 1.165) is 16.4 Å². The van der Waals surface area contributed by atoms with E-state index in [1.54, 1.807) is 42.5 Å². The molecule has 0 radical (unpaired) electrons. The maximum absolute atomic E-state index is 11.9. The fourth-order valence-electron chi connectivity index (χ4n) is 3.29. The molecular formula is C20H14N4O4. The summed E-state index contributed by atoms with van der Waals surface area (Å²) < 4.78 is 0. The van der Waals surface area contributed by atoms with Crippen LogP contribution in [0, 0.1) is 10.1 Å². The first-order valence-electron chi connectivity index (χ1n) is 8.29. The molecule has 0 saturated heterocycles. The van der Waals surface area contributed by atoms with Gasteiger partial charge >= 0.3 is 0 Å². The number of H-pyrrole nitrogens is 1. The molecule has 8 nitrogen and oxygen atoms in total. The second kappa shape index (κ2) is 6.20. The lowest BCUT2D eigenvalue weighted by atomic mass is 9.98. The Balaban J connectivity index is 2.04. The number of nitro benzene ring substituents is 1. The summed E-state index contributed by atoms with van der Waals surface area (Å²) in [4.78, 5) is 37.1.